The minimum absolute atomic E-state index is 0.0452. The zero-order chi connectivity index (χ0) is 20.3. The summed E-state index contributed by atoms with van der Waals surface area (Å²) in [6.07, 6.45) is -3.70. The average Bonchev–Trinajstić information content (AvgIpc) is 3.02. The highest BCUT2D eigenvalue weighted by Gasteiger charge is 2.50. The van der Waals surface area contributed by atoms with Gasteiger partial charge in [0, 0.05) is 40.4 Å². The SMILES string of the molecule is COc1ccccc1[C@@H]1C2=C(CC(C)(C)CC2=O)NC2=C1C(C(F)(F)F)=NC2. The molecule has 0 unspecified atom stereocenters. The highest BCUT2D eigenvalue weighted by molar-refractivity contribution is 6.12. The van der Waals surface area contributed by atoms with Gasteiger partial charge in [0.1, 0.15) is 11.5 Å². The van der Waals surface area contributed by atoms with Crippen molar-refractivity contribution in [2.24, 2.45) is 10.4 Å². The summed E-state index contributed by atoms with van der Waals surface area (Å²) in [4.78, 5) is 16.9. The number of methoxy groups -OCH3 is 1. The fourth-order valence-electron chi connectivity index (χ4n) is 4.46. The third-order valence-corrected chi connectivity index (χ3v) is 5.49. The molecule has 1 N–H and O–H groups in total. The normalized spacial score (nSPS) is 23.9. The first kappa shape index (κ1) is 18.8. The summed E-state index contributed by atoms with van der Waals surface area (Å²) < 4.78 is 46.6. The Kier molecular flexibility index (Phi) is 4.17. The van der Waals surface area contributed by atoms with E-state index in [0.29, 0.717) is 41.1 Å². The number of halogens is 3. The molecule has 4 nitrogen and oxygen atoms in total. The first-order chi connectivity index (χ1) is 13.1. The van der Waals surface area contributed by atoms with Crippen molar-refractivity contribution in [2.75, 3.05) is 13.7 Å². The van der Waals surface area contributed by atoms with E-state index in [-0.39, 0.29) is 23.3 Å². The minimum atomic E-state index is -4.59. The highest BCUT2D eigenvalue weighted by Crippen LogP contribution is 2.50. The zero-order valence-corrected chi connectivity index (χ0v) is 15.9. The number of carbonyl (C=O) groups excluding carboxylic acids is 1. The lowest BCUT2D eigenvalue weighted by Crippen LogP contribution is -2.39. The van der Waals surface area contributed by atoms with E-state index in [1.165, 1.54) is 7.11 Å². The first-order valence-corrected chi connectivity index (χ1v) is 9.13. The van der Waals surface area contributed by atoms with Crippen LogP contribution >= 0.6 is 0 Å². The highest BCUT2D eigenvalue weighted by atomic mass is 19.4. The van der Waals surface area contributed by atoms with Gasteiger partial charge in [-0.05, 0) is 17.9 Å². The topological polar surface area (TPSA) is 50.7 Å². The molecule has 28 heavy (non-hydrogen) atoms. The Morgan fingerprint density at radius 1 is 1.14 bits per heavy atom. The third kappa shape index (κ3) is 2.93. The Balaban J connectivity index is 1.94. The number of dihydropyridines is 1. The van der Waals surface area contributed by atoms with Crippen LogP contribution in [0.2, 0.25) is 0 Å². The standard InChI is InChI=1S/C21H21F3N2O2/c1-20(2)8-12-17(14(27)9-20)16(11-6-4-5-7-15(11)28-3)18-13(26-12)10-25-19(18)21(22,23)24/h4-7,16,26H,8-10H2,1-3H3/t16-/m1/s1. The number of Topliss-reactive ketones (excluding diaryl/α,β-unsaturated/α-hetero) is 1. The lowest BCUT2D eigenvalue weighted by Gasteiger charge is -2.39. The molecule has 1 atom stereocenters. The van der Waals surface area contributed by atoms with Crippen LogP contribution in [0, 0.1) is 5.41 Å². The maximum atomic E-state index is 13.7. The van der Waals surface area contributed by atoms with Gasteiger partial charge in [-0.2, -0.15) is 13.2 Å². The number of hydrogen-bond donors (Lipinski definition) is 1. The summed E-state index contributed by atoms with van der Waals surface area (Å²) in [6, 6.07) is 6.93. The molecule has 0 spiro atoms. The van der Waals surface area contributed by atoms with Crippen molar-refractivity contribution >= 4 is 11.5 Å². The Hall–Kier alpha value is -2.57. The second kappa shape index (κ2) is 6.22. The van der Waals surface area contributed by atoms with Crippen LogP contribution < -0.4 is 10.1 Å². The molecule has 0 aromatic heterocycles. The van der Waals surface area contributed by atoms with E-state index < -0.39 is 17.8 Å². The summed E-state index contributed by atoms with van der Waals surface area (Å²) in [5.74, 6) is -0.511. The number of nitrogens with one attached hydrogen (secondary N) is 1. The number of carbonyl (C=O) groups is 1. The number of hydrogen-bond acceptors (Lipinski definition) is 4. The van der Waals surface area contributed by atoms with Crippen LogP contribution in [0.25, 0.3) is 0 Å². The van der Waals surface area contributed by atoms with Gasteiger partial charge in [0.05, 0.1) is 13.7 Å². The molecule has 0 amide bonds. The van der Waals surface area contributed by atoms with E-state index in [9.17, 15) is 18.0 Å². The first-order valence-electron chi connectivity index (χ1n) is 9.13. The van der Waals surface area contributed by atoms with Crippen molar-refractivity contribution in [3.63, 3.8) is 0 Å². The van der Waals surface area contributed by atoms with E-state index in [4.69, 9.17) is 4.74 Å². The van der Waals surface area contributed by atoms with Crippen molar-refractivity contribution in [1.82, 2.24) is 5.32 Å². The Bertz CT molecular complexity index is 955. The maximum Gasteiger partial charge on any atom is 0.433 e. The zero-order valence-electron chi connectivity index (χ0n) is 15.9. The van der Waals surface area contributed by atoms with Crippen LogP contribution in [0.4, 0.5) is 13.2 Å². The van der Waals surface area contributed by atoms with Gasteiger partial charge in [0.15, 0.2) is 5.78 Å². The molecule has 148 valence electrons. The molecule has 4 rings (SSSR count). The minimum Gasteiger partial charge on any atom is -0.496 e. The second-order valence-corrected chi connectivity index (χ2v) is 8.19. The molecule has 3 aliphatic rings. The summed E-state index contributed by atoms with van der Waals surface area (Å²) in [6.45, 7) is 3.91. The van der Waals surface area contributed by atoms with Gasteiger partial charge in [-0.3, -0.25) is 9.79 Å². The number of allylic oxidation sites excluding steroid dienone is 3. The predicted octanol–water partition coefficient (Wildman–Crippen LogP) is 4.30. The fourth-order valence-corrected chi connectivity index (χ4v) is 4.46. The number of rotatable bonds is 2. The number of para-hydroxylation sites is 1. The number of ether oxygens (including phenoxy) is 1. The molecule has 7 heteroatoms. The van der Waals surface area contributed by atoms with E-state index in [0.717, 1.165) is 0 Å². The predicted molar refractivity (Wildman–Crippen MR) is 99.3 cm³/mol. The molecule has 1 aliphatic carbocycles. The van der Waals surface area contributed by atoms with Crippen LogP contribution in [-0.4, -0.2) is 31.3 Å². The molecule has 0 saturated carbocycles. The van der Waals surface area contributed by atoms with Gasteiger partial charge in [-0.1, -0.05) is 32.0 Å². The maximum absolute atomic E-state index is 13.7. The van der Waals surface area contributed by atoms with Crippen LogP contribution in [0.1, 0.15) is 38.2 Å². The number of alkyl halides is 3. The van der Waals surface area contributed by atoms with Gasteiger partial charge in [0.2, 0.25) is 0 Å². The molecular weight excluding hydrogens is 369 g/mol. The second-order valence-electron chi connectivity index (χ2n) is 8.19. The monoisotopic (exact) mass is 390 g/mol. The van der Waals surface area contributed by atoms with E-state index >= 15 is 0 Å². The van der Waals surface area contributed by atoms with Crippen LogP contribution in [-0.2, 0) is 4.79 Å². The Morgan fingerprint density at radius 2 is 1.86 bits per heavy atom. The molecular formula is C21H21F3N2O2. The fraction of sp³-hybridized carbons (Fsp3) is 0.429. The van der Waals surface area contributed by atoms with Crippen molar-refractivity contribution in [1.29, 1.82) is 0 Å². The van der Waals surface area contributed by atoms with E-state index in [1.807, 2.05) is 13.8 Å². The van der Waals surface area contributed by atoms with Gasteiger partial charge in [-0.25, -0.2) is 0 Å². The molecule has 0 radical (unpaired) electrons. The van der Waals surface area contributed by atoms with Gasteiger partial charge >= 0.3 is 6.18 Å². The Morgan fingerprint density at radius 3 is 2.54 bits per heavy atom. The number of benzene rings is 1. The number of aliphatic imine (C=N–C) groups is 1. The lowest BCUT2D eigenvalue weighted by atomic mass is 9.68. The van der Waals surface area contributed by atoms with Crippen molar-refractivity contribution < 1.29 is 22.7 Å². The van der Waals surface area contributed by atoms with Gasteiger partial charge < -0.3 is 10.1 Å². The van der Waals surface area contributed by atoms with Gasteiger partial charge in [0.25, 0.3) is 0 Å². The molecule has 1 aromatic carbocycles. The van der Waals surface area contributed by atoms with Crippen molar-refractivity contribution in [3.8, 4) is 5.75 Å². The van der Waals surface area contributed by atoms with Crippen molar-refractivity contribution in [3.05, 3.63) is 52.4 Å². The quantitative estimate of drug-likeness (QED) is 0.819. The summed E-state index contributed by atoms with van der Waals surface area (Å²) >= 11 is 0. The summed E-state index contributed by atoms with van der Waals surface area (Å²) in [5.41, 5.74) is 0.972. The molecule has 1 aromatic rings. The lowest BCUT2D eigenvalue weighted by molar-refractivity contribution is -0.118. The molecule has 0 saturated heterocycles. The van der Waals surface area contributed by atoms with E-state index in [1.54, 1.807) is 24.3 Å². The molecule has 0 fully saturated rings. The number of nitrogens with zero attached hydrogens (tertiary/aromatic N) is 1. The smallest absolute Gasteiger partial charge is 0.433 e. The van der Waals surface area contributed by atoms with Crippen molar-refractivity contribution in [2.45, 2.75) is 38.8 Å². The van der Waals surface area contributed by atoms with Crippen LogP contribution in [0.3, 0.4) is 0 Å². The molecule has 0 bridgehead atoms. The Labute approximate surface area is 161 Å². The van der Waals surface area contributed by atoms with Crippen LogP contribution in [0.5, 0.6) is 5.75 Å². The number of ketones is 1. The average molecular weight is 390 g/mol. The molecule has 2 aliphatic heterocycles. The summed E-state index contributed by atoms with van der Waals surface area (Å²) in [5, 5.41) is 3.13. The largest absolute Gasteiger partial charge is 0.496 e. The van der Waals surface area contributed by atoms with E-state index in [2.05, 4.69) is 10.3 Å². The summed E-state index contributed by atoms with van der Waals surface area (Å²) in [7, 11) is 1.48. The molecule has 2 heterocycles. The van der Waals surface area contributed by atoms with Crippen LogP contribution in [0.15, 0.2) is 51.8 Å². The van der Waals surface area contributed by atoms with Gasteiger partial charge in [-0.15, -0.1) is 0 Å². The third-order valence-electron chi connectivity index (χ3n) is 5.49.